The zero-order chi connectivity index (χ0) is 22.2. The number of carbonyl (C=O) groups is 1. The molecule has 1 aromatic heterocycles. The Morgan fingerprint density at radius 1 is 0.906 bits per heavy atom. The maximum absolute atomic E-state index is 12.4. The minimum Gasteiger partial charge on any atom is -0.494 e. The molecule has 0 radical (unpaired) electrons. The number of ether oxygens (including phenoxy) is 1. The van der Waals surface area contributed by atoms with Crippen LogP contribution in [0, 0.1) is 0 Å². The number of hydrogen-bond donors (Lipinski definition) is 1. The van der Waals surface area contributed by atoms with Gasteiger partial charge in [0.15, 0.2) is 5.82 Å². The molecular weight excluding hydrogens is 400 g/mol. The van der Waals surface area contributed by atoms with Gasteiger partial charge in [-0.25, -0.2) is 0 Å². The Balaban J connectivity index is 1.33. The van der Waals surface area contributed by atoms with Crippen molar-refractivity contribution in [1.82, 2.24) is 10.2 Å². The molecule has 1 aliphatic heterocycles. The lowest BCUT2D eigenvalue weighted by Crippen LogP contribution is -2.25. The molecule has 0 aliphatic carbocycles. The third kappa shape index (κ3) is 5.84. The highest BCUT2D eigenvalue weighted by Crippen LogP contribution is 2.22. The van der Waals surface area contributed by atoms with E-state index in [9.17, 15) is 4.79 Å². The molecule has 2 heterocycles. The lowest BCUT2D eigenvalue weighted by molar-refractivity contribution is -0.115. The number of amides is 1. The minimum absolute atomic E-state index is 0.0523. The summed E-state index contributed by atoms with van der Waals surface area (Å²) in [4.78, 5) is 14.7. The number of hydrogen-bond acceptors (Lipinski definition) is 5. The summed E-state index contributed by atoms with van der Waals surface area (Å²) < 4.78 is 5.44. The molecular formula is C26H30N4O2. The molecule has 1 amide bonds. The Hall–Kier alpha value is -3.41. The molecule has 1 aliphatic rings. The number of anilines is 2. The van der Waals surface area contributed by atoms with Crippen LogP contribution in [-0.2, 0) is 11.2 Å². The molecule has 0 saturated carbocycles. The quantitative estimate of drug-likeness (QED) is 0.565. The van der Waals surface area contributed by atoms with Crippen molar-refractivity contribution in [2.45, 2.75) is 39.0 Å². The molecule has 1 N–H and O–H groups in total. The number of carbonyl (C=O) groups excluding carboxylic acids is 1. The second-order valence-electron chi connectivity index (χ2n) is 8.06. The first-order valence-electron chi connectivity index (χ1n) is 11.4. The van der Waals surface area contributed by atoms with Gasteiger partial charge in [-0.1, -0.05) is 37.1 Å². The molecule has 6 heteroatoms. The molecule has 3 aromatic rings. The van der Waals surface area contributed by atoms with Crippen LogP contribution in [0.2, 0.25) is 0 Å². The summed E-state index contributed by atoms with van der Waals surface area (Å²) in [5.74, 6) is 1.71. The van der Waals surface area contributed by atoms with Crippen molar-refractivity contribution in [3.05, 3.63) is 66.2 Å². The van der Waals surface area contributed by atoms with Crippen LogP contribution in [0.1, 0.15) is 38.2 Å². The van der Waals surface area contributed by atoms with Gasteiger partial charge in [-0.2, -0.15) is 0 Å². The maximum Gasteiger partial charge on any atom is 0.228 e. The first-order chi connectivity index (χ1) is 15.7. The van der Waals surface area contributed by atoms with Crippen molar-refractivity contribution in [3.63, 3.8) is 0 Å². The van der Waals surface area contributed by atoms with Crippen molar-refractivity contribution >= 4 is 17.4 Å². The van der Waals surface area contributed by atoms with Crippen molar-refractivity contribution in [3.8, 4) is 17.0 Å². The predicted octanol–water partition coefficient (Wildman–Crippen LogP) is 5.10. The fraction of sp³-hybridized carbons (Fsp3) is 0.346. The van der Waals surface area contributed by atoms with Crippen LogP contribution in [0.25, 0.3) is 11.3 Å². The van der Waals surface area contributed by atoms with Crippen molar-refractivity contribution in [1.29, 1.82) is 0 Å². The zero-order valence-corrected chi connectivity index (χ0v) is 18.6. The molecule has 1 fully saturated rings. The third-order valence-corrected chi connectivity index (χ3v) is 5.64. The Morgan fingerprint density at radius 2 is 1.62 bits per heavy atom. The van der Waals surface area contributed by atoms with Crippen molar-refractivity contribution < 1.29 is 9.53 Å². The molecule has 1 saturated heterocycles. The van der Waals surface area contributed by atoms with E-state index in [0.717, 1.165) is 47.2 Å². The monoisotopic (exact) mass is 430 g/mol. The van der Waals surface area contributed by atoms with Gasteiger partial charge in [0.1, 0.15) is 5.75 Å². The maximum atomic E-state index is 12.4. The highest BCUT2D eigenvalue weighted by atomic mass is 16.5. The molecule has 4 rings (SSSR count). The Morgan fingerprint density at radius 3 is 2.25 bits per heavy atom. The molecule has 2 aromatic carbocycles. The van der Waals surface area contributed by atoms with Crippen LogP contribution >= 0.6 is 0 Å². The van der Waals surface area contributed by atoms with Crippen LogP contribution in [0.4, 0.5) is 11.5 Å². The van der Waals surface area contributed by atoms with E-state index in [1.807, 2.05) is 61.5 Å². The van der Waals surface area contributed by atoms with Gasteiger partial charge in [-0.3, -0.25) is 4.79 Å². The normalized spacial score (nSPS) is 14.0. The van der Waals surface area contributed by atoms with E-state index in [0.29, 0.717) is 13.0 Å². The summed E-state index contributed by atoms with van der Waals surface area (Å²) in [5, 5.41) is 11.8. The van der Waals surface area contributed by atoms with E-state index < -0.39 is 0 Å². The highest BCUT2D eigenvalue weighted by molar-refractivity contribution is 5.92. The van der Waals surface area contributed by atoms with Gasteiger partial charge in [-0.15, -0.1) is 10.2 Å². The molecule has 0 bridgehead atoms. The molecule has 0 atom stereocenters. The third-order valence-electron chi connectivity index (χ3n) is 5.64. The number of benzene rings is 2. The summed E-state index contributed by atoms with van der Waals surface area (Å²) in [7, 11) is 0. The molecule has 0 spiro atoms. The Bertz CT molecular complexity index is 994. The summed E-state index contributed by atoms with van der Waals surface area (Å²) >= 11 is 0. The van der Waals surface area contributed by atoms with Crippen LogP contribution in [0.15, 0.2) is 60.7 Å². The smallest absolute Gasteiger partial charge is 0.228 e. The average Bonchev–Trinajstić information content (AvgIpc) is 3.11. The van der Waals surface area contributed by atoms with E-state index in [-0.39, 0.29) is 5.91 Å². The minimum atomic E-state index is -0.0523. The summed E-state index contributed by atoms with van der Waals surface area (Å²) in [6, 6.07) is 19.4. The zero-order valence-electron chi connectivity index (χ0n) is 18.6. The molecule has 0 unspecified atom stereocenters. The lowest BCUT2D eigenvalue weighted by atomic mass is 10.1. The fourth-order valence-electron chi connectivity index (χ4n) is 3.93. The largest absolute Gasteiger partial charge is 0.494 e. The summed E-state index contributed by atoms with van der Waals surface area (Å²) in [6.45, 7) is 4.69. The Kier molecular flexibility index (Phi) is 7.33. The summed E-state index contributed by atoms with van der Waals surface area (Å²) in [5.41, 5.74) is 3.52. The van der Waals surface area contributed by atoms with Gasteiger partial charge >= 0.3 is 0 Å². The first-order valence-corrected chi connectivity index (χ1v) is 11.4. The van der Waals surface area contributed by atoms with E-state index in [1.165, 1.54) is 25.7 Å². The number of nitrogens with zero attached hydrogens (tertiary/aromatic N) is 3. The van der Waals surface area contributed by atoms with Gasteiger partial charge in [0.25, 0.3) is 0 Å². The predicted molar refractivity (Wildman–Crippen MR) is 128 cm³/mol. The first kappa shape index (κ1) is 21.8. The van der Waals surface area contributed by atoms with Crippen LogP contribution in [-0.4, -0.2) is 35.8 Å². The fourth-order valence-corrected chi connectivity index (χ4v) is 3.93. The number of rotatable bonds is 7. The van der Waals surface area contributed by atoms with Crippen molar-refractivity contribution in [2.75, 3.05) is 29.9 Å². The van der Waals surface area contributed by atoms with Gasteiger partial charge in [-0.05, 0) is 61.7 Å². The van der Waals surface area contributed by atoms with Gasteiger partial charge in [0.2, 0.25) is 5.91 Å². The van der Waals surface area contributed by atoms with Crippen molar-refractivity contribution in [2.24, 2.45) is 0 Å². The van der Waals surface area contributed by atoms with E-state index >= 15 is 0 Å². The van der Waals surface area contributed by atoms with Crippen LogP contribution < -0.4 is 15.0 Å². The van der Waals surface area contributed by atoms with Gasteiger partial charge < -0.3 is 15.0 Å². The Labute approximate surface area is 189 Å². The average molecular weight is 431 g/mol. The number of nitrogens with one attached hydrogen (secondary N) is 1. The second kappa shape index (κ2) is 10.8. The van der Waals surface area contributed by atoms with Crippen LogP contribution in [0.3, 0.4) is 0 Å². The topological polar surface area (TPSA) is 67.3 Å². The molecule has 166 valence electrons. The van der Waals surface area contributed by atoms with Gasteiger partial charge in [0.05, 0.1) is 18.7 Å². The summed E-state index contributed by atoms with van der Waals surface area (Å²) in [6.07, 6.45) is 5.35. The molecule has 32 heavy (non-hydrogen) atoms. The SMILES string of the molecule is CCOc1ccc(CC(=O)Nc2ccc(-c3ccc(N4CCCCCC4)nn3)cc2)cc1. The van der Waals surface area contributed by atoms with Crippen LogP contribution in [0.5, 0.6) is 5.75 Å². The molecule has 6 nitrogen and oxygen atoms in total. The van der Waals surface area contributed by atoms with E-state index in [2.05, 4.69) is 26.5 Å². The second-order valence-corrected chi connectivity index (χ2v) is 8.06. The number of aromatic nitrogens is 2. The standard InChI is InChI=1S/C26H30N4O2/c1-2-32-23-13-7-20(8-14-23)19-26(31)27-22-11-9-21(10-12-22)24-15-16-25(29-28-24)30-17-5-3-4-6-18-30/h7-16H,2-6,17-19H2,1H3,(H,27,31). The highest BCUT2D eigenvalue weighted by Gasteiger charge is 2.12. The van der Waals surface area contributed by atoms with Gasteiger partial charge in [0, 0.05) is 24.3 Å². The lowest BCUT2D eigenvalue weighted by Gasteiger charge is -2.20. The van der Waals surface area contributed by atoms with E-state index in [1.54, 1.807) is 0 Å². The van der Waals surface area contributed by atoms with E-state index in [4.69, 9.17) is 4.74 Å².